The van der Waals surface area contributed by atoms with Crippen LogP contribution in [0.15, 0.2) is 29.8 Å². The maximum Gasteiger partial charge on any atom is 0.221 e. The Kier molecular flexibility index (Phi) is 2.12. The van der Waals surface area contributed by atoms with Gasteiger partial charge in [0.15, 0.2) is 0 Å². The molecule has 14 heavy (non-hydrogen) atoms. The van der Waals surface area contributed by atoms with Crippen molar-refractivity contribution in [1.29, 1.82) is 0 Å². The Balaban J connectivity index is 2.41. The zero-order chi connectivity index (χ0) is 10.1. The molecule has 0 unspecified atom stereocenters. The molecule has 1 aliphatic rings. The van der Waals surface area contributed by atoms with Gasteiger partial charge in [-0.25, -0.2) is 0 Å². The van der Waals surface area contributed by atoms with Gasteiger partial charge < -0.3 is 5.32 Å². The number of nitrogens with one attached hydrogen (secondary N) is 1. The smallest absolute Gasteiger partial charge is 0.221 e. The van der Waals surface area contributed by atoms with Crippen LogP contribution in [0, 0.1) is 0 Å². The van der Waals surface area contributed by atoms with Crippen LogP contribution >= 0.6 is 0 Å². The second-order valence-electron chi connectivity index (χ2n) is 3.67. The number of hydrogen-bond donors (Lipinski definition) is 1. The fourth-order valence-corrected chi connectivity index (χ4v) is 1.87. The molecule has 0 heterocycles. The second-order valence-corrected chi connectivity index (χ2v) is 3.67. The highest BCUT2D eigenvalue weighted by Crippen LogP contribution is 2.30. The van der Waals surface area contributed by atoms with Gasteiger partial charge >= 0.3 is 0 Å². The third kappa shape index (κ3) is 1.43. The molecule has 0 radical (unpaired) electrons. The second kappa shape index (κ2) is 3.29. The number of rotatable bonds is 1. The maximum absolute atomic E-state index is 11.0. The highest BCUT2D eigenvalue weighted by Gasteiger charge is 2.18. The first-order chi connectivity index (χ1) is 6.68. The van der Waals surface area contributed by atoms with Gasteiger partial charge in [0.2, 0.25) is 5.91 Å². The van der Waals surface area contributed by atoms with Gasteiger partial charge in [-0.15, -0.1) is 0 Å². The molecule has 1 aromatic rings. The molecule has 0 saturated heterocycles. The number of carbonyl (C=O) groups excluding carboxylic acids is 1. The Morgan fingerprint density at radius 2 is 2.07 bits per heavy atom. The average Bonchev–Trinajstić information content (AvgIpc) is 2.43. The van der Waals surface area contributed by atoms with Gasteiger partial charge in [-0.05, 0) is 24.5 Å². The van der Waals surface area contributed by atoms with Crippen LogP contribution in [0.3, 0.4) is 0 Å². The Bertz CT molecular complexity index is 418. The molecule has 2 nitrogen and oxygen atoms in total. The predicted molar refractivity (Wildman–Crippen MR) is 56.6 cm³/mol. The predicted octanol–water partition coefficient (Wildman–Crippen LogP) is 2.11. The summed E-state index contributed by atoms with van der Waals surface area (Å²) in [7, 11) is 0. The van der Waals surface area contributed by atoms with Crippen LogP contribution in [0.4, 0.5) is 0 Å². The largest absolute Gasteiger partial charge is 0.326 e. The molecule has 1 aliphatic carbocycles. The van der Waals surface area contributed by atoms with E-state index in [2.05, 4.69) is 24.4 Å². The molecule has 0 aromatic heterocycles. The molecular weight excluding hydrogens is 174 g/mol. The molecule has 2 rings (SSSR count). The number of carbonyl (C=O) groups is 1. The van der Waals surface area contributed by atoms with Crippen molar-refractivity contribution in [3.8, 4) is 0 Å². The van der Waals surface area contributed by atoms with Crippen molar-refractivity contribution in [3.05, 3.63) is 41.0 Å². The molecule has 1 N–H and O–H groups in total. The molecule has 72 valence electrons. The van der Waals surface area contributed by atoms with Crippen LogP contribution in [0.5, 0.6) is 0 Å². The topological polar surface area (TPSA) is 29.1 Å². The van der Waals surface area contributed by atoms with Crippen molar-refractivity contribution in [2.45, 2.75) is 20.3 Å². The van der Waals surface area contributed by atoms with Gasteiger partial charge in [-0.1, -0.05) is 24.3 Å². The summed E-state index contributed by atoms with van der Waals surface area (Å²) >= 11 is 0. The normalized spacial score (nSPS) is 14.1. The van der Waals surface area contributed by atoms with E-state index in [4.69, 9.17) is 0 Å². The first-order valence-electron chi connectivity index (χ1n) is 4.74. The summed E-state index contributed by atoms with van der Waals surface area (Å²) in [6, 6.07) is 8.19. The summed E-state index contributed by atoms with van der Waals surface area (Å²) in [5, 5.41) is 2.89. The monoisotopic (exact) mass is 187 g/mol. The lowest BCUT2D eigenvalue weighted by Crippen LogP contribution is -2.17. The highest BCUT2D eigenvalue weighted by molar-refractivity contribution is 5.88. The van der Waals surface area contributed by atoms with E-state index in [1.165, 1.54) is 16.7 Å². The van der Waals surface area contributed by atoms with E-state index in [9.17, 15) is 4.79 Å². The number of fused-ring (bicyclic) bond motifs is 1. The minimum atomic E-state index is -0.00365. The van der Waals surface area contributed by atoms with Crippen LogP contribution in [-0.2, 0) is 11.2 Å². The minimum Gasteiger partial charge on any atom is -0.326 e. The zero-order valence-electron chi connectivity index (χ0n) is 8.42. The van der Waals surface area contributed by atoms with Crippen LogP contribution < -0.4 is 5.32 Å². The molecule has 0 saturated carbocycles. The highest BCUT2D eigenvalue weighted by atomic mass is 16.1. The minimum absolute atomic E-state index is 0.00365. The van der Waals surface area contributed by atoms with Gasteiger partial charge in [0.25, 0.3) is 0 Å². The van der Waals surface area contributed by atoms with Crippen molar-refractivity contribution < 1.29 is 4.79 Å². The molecule has 1 aromatic carbocycles. The van der Waals surface area contributed by atoms with Crippen molar-refractivity contribution in [3.63, 3.8) is 0 Å². The molecule has 0 bridgehead atoms. The molecule has 2 heteroatoms. The summed E-state index contributed by atoms with van der Waals surface area (Å²) < 4.78 is 0. The van der Waals surface area contributed by atoms with E-state index in [0.717, 1.165) is 12.1 Å². The number of amides is 1. The lowest BCUT2D eigenvalue weighted by atomic mass is 10.1. The maximum atomic E-state index is 11.0. The van der Waals surface area contributed by atoms with Gasteiger partial charge in [-0.3, -0.25) is 4.79 Å². The van der Waals surface area contributed by atoms with Crippen LogP contribution in [0.2, 0.25) is 0 Å². The van der Waals surface area contributed by atoms with Gasteiger partial charge in [0.1, 0.15) is 0 Å². The van der Waals surface area contributed by atoms with Crippen LogP contribution in [0.25, 0.3) is 5.70 Å². The first kappa shape index (κ1) is 9.00. The first-order valence-corrected chi connectivity index (χ1v) is 4.74. The van der Waals surface area contributed by atoms with Gasteiger partial charge in [0.05, 0.1) is 0 Å². The summed E-state index contributed by atoms with van der Waals surface area (Å²) in [6.45, 7) is 3.60. The molecular formula is C12H13NO. The van der Waals surface area contributed by atoms with E-state index in [-0.39, 0.29) is 5.91 Å². The Morgan fingerprint density at radius 1 is 1.36 bits per heavy atom. The SMILES string of the molecule is CC(=O)NC1=C(C)Cc2ccccc21. The fourth-order valence-electron chi connectivity index (χ4n) is 1.87. The fraction of sp³-hybridized carbons (Fsp3) is 0.250. The quantitative estimate of drug-likeness (QED) is 0.716. The van der Waals surface area contributed by atoms with Crippen molar-refractivity contribution in [2.75, 3.05) is 0 Å². The van der Waals surface area contributed by atoms with E-state index < -0.39 is 0 Å². The zero-order valence-corrected chi connectivity index (χ0v) is 8.42. The molecule has 0 atom stereocenters. The molecule has 0 fully saturated rings. The van der Waals surface area contributed by atoms with Crippen LogP contribution in [0.1, 0.15) is 25.0 Å². The van der Waals surface area contributed by atoms with E-state index >= 15 is 0 Å². The number of hydrogen-bond acceptors (Lipinski definition) is 1. The Morgan fingerprint density at radius 3 is 2.79 bits per heavy atom. The van der Waals surface area contributed by atoms with E-state index in [1.54, 1.807) is 6.92 Å². The molecule has 1 amide bonds. The number of benzene rings is 1. The van der Waals surface area contributed by atoms with Gasteiger partial charge in [-0.2, -0.15) is 0 Å². The van der Waals surface area contributed by atoms with Crippen molar-refractivity contribution >= 4 is 11.6 Å². The van der Waals surface area contributed by atoms with Crippen molar-refractivity contribution in [1.82, 2.24) is 5.32 Å². The lowest BCUT2D eigenvalue weighted by Gasteiger charge is -2.06. The molecule has 0 aliphatic heterocycles. The number of allylic oxidation sites excluding steroid dienone is 1. The van der Waals surface area contributed by atoms with Gasteiger partial charge in [0, 0.05) is 18.2 Å². The third-order valence-corrected chi connectivity index (χ3v) is 2.47. The summed E-state index contributed by atoms with van der Waals surface area (Å²) in [5.41, 5.74) is 4.70. The lowest BCUT2D eigenvalue weighted by molar-refractivity contribution is -0.117. The van der Waals surface area contributed by atoms with Crippen LogP contribution in [-0.4, -0.2) is 5.91 Å². The summed E-state index contributed by atoms with van der Waals surface area (Å²) in [4.78, 5) is 11.0. The van der Waals surface area contributed by atoms with E-state index in [0.29, 0.717) is 0 Å². The Labute approximate surface area is 83.6 Å². The average molecular weight is 187 g/mol. The Hall–Kier alpha value is -1.57. The summed E-state index contributed by atoms with van der Waals surface area (Å²) in [5.74, 6) is -0.00365. The van der Waals surface area contributed by atoms with Crippen molar-refractivity contribution in [2.24, 2.45) is 0 Å². The van der Waals surface area contributed by atoms with E-state index in [1.807, 2.05) is 12.1 Å². The standard InChI is InChI=1S/C12H13NO/c1-8-7-10-5-3-4-6-11(10)12(8)13-9(2)14/h3-6H,7H2,1-2H3,(H,13,14). The third-order valence-electron chi connectivity index (χ3n) is 2.47. The summed E-state index contributed by atoms with van der Waals surface area (Å²) in [6.07, 6.45) is 0.950. The molecule has 0 spiro atoms.